The molecule has 1 heterocycles. The summed E-state index contributed by atoms with van der Waals surface area (Å²) in [6, 6.07) is 0.361. The lowest BCUT2D eigenvalue weighted by atomic mass is 10.0. The van der Waals surface area contributed by atoms with Gasteiger partial charge in [-0.2, -0.15) is 0 Å². The molecule has 4 N–H and O–H groups in total. The summed E-state index contributed by atoms with van der Waals surface area (Å²) in [6.07, 6.45) is 1.55. The zero-order valence-electron chi connectivity index (χ0n) is 11.6. The van der Waals surface area contributed by atoms with Crippen LogP contribution in [0, 0.1) is 5.92 Å². The van der Waals surface area contributed by atoms with Crippen molar-refractivity contribution in [2.45, 2.75) is 32.7 Å². The van der Waals surface area contributed by atoms with E-state index >= 15 is 0 Å². The van der Waals surface area contributed by atoms with Gasteiger partial charge in [-0.25, -0.2) is 4.79 Å². The van der Waals surface area contributed by atoms with Crippen molar-refractivity contribution in [3.8, 4) is 0 Å². The van der Waals surface area contributed by atoms with Crippen molar-refractivity contribution in [1.82, 2.24) is 10.2 Å². The van der Waals surface area contributed by atoms with E-state index in [2.05, 4.69) is 10.5 Å². The van der Waals surface area contributed by atoms with Gasteiger partial charge in [0.05, 0.1) is 6.61 Å². The van der Waals surface area contributed by atoms with Crippen LogP contribution in [-0.4, -0.2) is 54.3 Å². The third kappa shape index (κ3) is 4.94. The van der Waals surface area contributed by atoms with Crippen LogP contribution in [0.4, 0.5) is 4.79 Å². The van der Waals surface area contributed by atoms with Crippen LogP contribution in [0.3, 0.4) is 0 Å². The predicted molar refractivity (Wildman–Crippen MR) is 72.2 cm³/mol. The van der Waals surface area contributed by atoms with Gasteiger partial charge in [0.25, 0.3) is 0 Å². The van der Waals surface area contributed by atoms with Crippen LogP contribution >= 0.6 is 0 Å². The molecule has 0 saturated carbocycles. The molecule has 7 heteroatoms. The van der Waals surface area contributed by atoms with Crippen molar-refractivity contribution in [3.63, 3.8) is 0 Å². The first kappa shape index (κ1) is 15.6. The van der Waals surface area contributed by atoms with E-state index in [1.54, 1.807) is 11.8 Å². The summed E-state index contributed by atoms with van der Waals surface area (Å²) in [7, 11) is 0. The number of oxime groups is 1. The first-order chi connectivity index (χ1) is 9.08. The Morgan fingerprint density at radius 2 is 2.21 bits per heavy atom. The van der Waals surface area contributed by atoms with E-state index < -0.39 is 0 Å². The average molecular weight is 272 g/mol. The number of piperidine rings is 1. The normalized spacial score (nSPS) is 19.3. The van der Waals surface area contributed by atoms with E-state index in [1.807, 2.05) is 6.92 Å². The van der Waals surface area contributed by atoms with Gasteiger partial charge in [0, 0.05) is 31.6 Å². The molecule has 0 aromatic heterocycles. The highest BCUT2D eigenvalue weighted by Gasteiger charge is 2.23. The molecule has 1 aliphatic heterocycles. The SMILES string of the molecule is CCOC(=O)N1CCC(NCC(C)C(N)=NO)CC1. The highest BCUT2D eigenvalue weighted by atomic mass is 16.6. The average Bonchev–Trinajstić information content (AvgIpc) is 2.44. The fraction of sp³-hybridized carbons (Fsp3) is 0.833. The van der Waals surface area contributed by atoms with Crippen molar-refractivity contribution < 1.29 is 14.7 Å². The Morgan fingerprint density at radius 3 is 2.74 bits per heavy atom. The van der Waals surface area contributed by atoms with Crippen LogP contribution in [-0.2, 0) is 4.74 Å². The number of nitrogens with zero attached hydrogens (tertiary/aromatic N) is 2. The minimum Gasteiger partial charge on any atom is -0.450 e. The second-order valence-electron chi connectivity index (χ2n) is 4.79. The molecule has 1 fully saturated rings. The number of hydrogen-bond acceptors (Lipinski definition) is 5. The van der Waals surface area contributed by atoms with Crippen molar-refractivity contribution in [3.05, 3.63) is 0 Å². The molecule has 0 aromatic rings. The largest absolute Gasteiger partial charge is 0.450 e. The quantitative estimate of drug-likeness (QED) is 0.294. The number of carbonyl (C=O) groups is 1. The Morgan fingerprint density at radius 1 is 1.58 bits per heavy atom. The Labute approximate surface area is 113 Å². The van der Waals surface area contributed by atoms with Crippen molar-refractivity contribution in [2.24, 2.45) is 16.8 Å². The summed E-state index contributed by atoms with van der Waals surface area (Å²) < 4.78 is 4.97. The van der Waals surface area contributed by atoms with Gasteiger partial charge in [0.1, 0.15) is 5.84 Å². The summed E-state index contributed by atoms with van der Waals surface area (Å²) in [4.78, 5) is 13.3. The second kappa shape index (κ2) is 7.83. The zero-order chi connectivity index (χ0) is 14.3. The van der Waals surface area contributed by atoms with Crippen LogP contribution in [0.25, 0.3) is 0 Å². The smallest absolute Gasteiger partial charge is 0.409 e. The number of nitrogens with one attached hydrogen (secondary N) is 1. The Hall–Kier alpha value is -1.50. The van der Waals surface area contributed by atoms with Crippen LogP contribution in [0.15, 0.2) is 5.16 Å². The fourth-order valence-corrected chi connectivity index (χ4v) is 2.03. The zero-order valence-corrected chi connectivity index (χ0v) is 11.6. The van der Waals surface area contributed by atoms with Crippen molar-refractivity contribution >= 4 is 11.9 Å². The Balaban J connectivity index is 2.25. The third-order valence-electron chi connectivity index (χ3n) is 3.35. The van der Waals surface area contributed by atoms with E-state index in [4.69, 9.17) is 15.7 Å². The molecule has 0 radical (unpaired) electrons. The summed E-state index contributed by atoms with van der Waals surface area (Å²) >= 11 is 0. The van der Waals surface area contributed by atoms with E-state index in [-0.39, 0.29) is 17.8 Å². The van der Waals surface area contributed by atoms with Gasteiger partial charge in [-0.05, 0) is 19.8 Å². The fourth-order valence-electron chi connectivity index (χ4n) is 2.03. The number of nitrogens with two attached hydrogens (primary N) is 1. The van der Waals surface area contributed by atoms with Crippen LogP contribution < -0.4 is 11.1 Å². The topological polar surface area (TPSA) is 100 Å². The summed E-state index contributed by atoms with van der Waals surface area (Å²) in [5.41, 5.74) is 5.52. The molecular formula is C12H24N4O3. The molecule has 0 spiro atoms. The minimum atomic E-state index is -0.231. The minimum absolute atomic E-state index is 0.00640. The maximum atomic E-state index is 11.5. The van der Waals surface area contributed by atoms with Crippen LogP contribution in [0.5, 0.6) is 0 Å². The van der Waals surface area contributed by atoms with Gasteiger partial charge in [0.15, 0.2) is 0 Å². The molecule has 19 heavy (non-hydrogen) atoms. The number of hydrogen-bond donors (Lipinski definition) is 3. The number of carbonyl (C=O) groups excluding carboxylic acids is 1. The van der Waals surface area contributed by atoms with Gasteiger partial charge in [0.2, 0.25) is 0 Å². The molecule has 1 atom stereocenters. The van der Waals surface area contributed by atoms with Gasteiger partial charge in [-0.15, -0.1) is 0 Å². The highest BCUT2D eigenvalue weighted by molar-refractivity contribution is 5.82. The molecule has 1 rings (SSSR count). The second-order valence-corrected chi connectivity index (χ2v) is 4.79. The third-order valence-corrected chi connectivity index (χ3v) is 3.35. The summed E-state index contributed by atoms with van der Waals surface area (Å²) in [5, 5.41) is 14.9. The Kier molecular flexibility index (Phi) is 6.41. The lowest BCUT2D eigenvalue weighted by molar-refractivity contribution is 0.0950. The number of ether oxygens (including phenoxy) is 1. The molecule has 1 unspecified atom stereocenters. The molecule has 1 aliphatic rings. The van der Waals surface area contributed by atoms with E-state index in [1.165, 1.54) is 0 Å². The maximum Gasteiger partial charge on any atom is 0.409 e. The molecule has 0 bridgehead atoms. The van der Waals surface area contributed by atoms with Gasteiger partial charge in [-0.1, -0.05) is 12.1 Å². The monoisotopic (exact) mass is 272 g/mol. The molecule has 110 valence electrons. The molecule has 0 aliphatic carbocycles. The van der Waals surface area contributed by atoms with Crippen LogP contribution in [0.2, 0.25) is 0 Å². The first-order valence-electron chi connectivity index (χ1n) is 6.71. The van der Waals surface area contributed by atoms with Gasteiger partial charge >= 0.3 is 6.09 Å². The summed E-state index contributed by atoms with van der Waals surface area (Å²) in [6.45, 7) is 6.19. The van der Waals surface area contributed by atoms with Gasteiger partial charge < -0.3 is 25.9 Å². The molecular weight excluding hydrogens is 248 g/mol. The number of amides is 1. The number of amidine groups is 1. The molecule has 1 saturated heterocycles. The van der Waals surface area contributed by atoms with Crippen LogP contribution in [0.1, 0.15) is 26.7 Å². The predicted octanol–water partition coefficient (Wildman–Crippen LogP) is 0.579. The molecule has 7 nitrogen and oxygen atoms in total. The van der Waals surface area contributed by atoms with Crippen molar-refractivity contribution in [2.75, 3.05) is 26.2 Å². The lowest BCUT2D eigenvalue weighted by Gasteiger charge is -2.32. The molecule has 1 amide bonds. The van der Waals surface area contributed by atoms with E-state index in [9.17, 15) is 4.79 Å². The van der Waals surface area contributed by atoms with Gasteiger partial charge in [-0.3, -0.25) is 0 Å². The molecule has 0 aromatic carbocycles. The highest BCUT2D eigenvalue weighted by Crippen LogP contribution is 2.11. The van der Waals surface area contributed by atoms with Crippen molar-refractivity contribution in [1.29, 1.82) is 0 Å². The summed E-state index contributed by atoms with van der Waals surface area (Å²) in [5.74, 6) is 0.226. The lowest BCUT2D eigenvalue weighted by Crippen LogP contribution is -2.46. The standard InChI is InChI=1S/C12H24N4O3/c1-3-19-12(17)16-6-4-10(5-7-16)14-8-9(2)11(13)15-18/h9-10,14,18H,3-8H2,1-2H3,(H2,13,15). The maximum absolute atomic E-state index is 11.5. The van der Waals surface area contributed by atoms with E-state index in [0.717, 1.165) is 12.8 Å². The number of rotatable bonds is 5. The van der Waals surface area contributed by atoms with E-state index in [0.29, 0.717) is 32.3 Å². The number of likely N-dealkylation sites (tertiary alicyclic amines) is 1. The Bertz CT molecular complexity index is 314. The first-order valence-corrected chi connectivity index (χ1v) is 6.71.